The molecular formula is C42H64N4O7S. The van der Waals surface area contributed by atoms with Crippen molar-refractivity contribution >= 4 is 16.0 Å². The van der Waals surface area contributed by atoms with Gasteiger partial charge in [0, 0.05) is 37.6 Å². The van der Waals surface area contributed by atoms with Gasteiger partial charge in [0.1, 0.15) is 12.1 Å². The quantitative estimate of drug-likeness (QED) is 0.170. The molecular weight excluding hydrogens is 705 g/mol. The normalized spacial score (nSPS) is 29.7. The van der Waals surface area contributed by atoms with Crippen molar-refractivity contribution in [2.24, 2.45) is 35.0 Å². The first-order valence-corrected chi connectivity index (χ1v) is 21.6. The first-order chi connectivity index (χ1) is 25.6. The zero-order chi connectivity index (χ0) is 38.9. The minimum Gasteiger partial charge on any atom is -0.394 e. The van der Waals surface area contributed by atoms with Gasteiger partial charge >= 0.3 is 0 Å². The Labute approximate surface area is 323 Å². The summed E-state index contributed by atoms with van der Waals surface area (Å²) in [4.78, 5) is 25.2. The second kappa shape index (κ2) is 17.0. The Morgan fingerprint density at radius 1 is 1.04 bits per heavy atom. The van der Waals surface area contributed by atoms with Crippen LogP contribution in [-0.4, -0.2) is 101 Å². The predicted octanol–water partition coefficient (Wildman–Crippen LogP) is 5.11. The van der Waals surface area contributed by atoms with Gasteiger partial charge in [-0.25, -0.2) is 0 Å². The molecule has 0 radical (unpaired) electrons. The average Bonchev–Trinajstić information content (AvgIpc) is 3.76. The molecule has 0 aromatic heterocycles. The number of carbonyl (C=O) groups is 1. The van der Waals surface area contributed by atoms with Crippen LogP contribution in [0.3, 0.4) is 0 Å². The Morgan fingerprint density at radius 2 is 1.74 bits per heavy atom. The molecule has 7 rings (SSSR count). The number of aliphatic hydroxyl groups excluding tert-OH is 2. The number of carbonyl (C=O) groups excluding carboxylic acids is 1. The third-order valence-electron chi connectivity index (χ3n) is 13.3. The Kier molecular flexibility index (Phi) is 13.0. The predicted molar refractivity (Wildman–Crippen MR) is 208 cm³/mol. The molecule has 2 aromatic carbocycles. The molecule has 5 fully saturated rings. The molecule has 2 aliphatic heterocycles. The number of nitrogens with zero attached hydrogens (tertiary/aromatic N) is 3. The molecule has 54 heavy (non-hydrogen) atoms. The fraction of sp³-hybridized carbons (Fsp3) is 0.690. The lowest BCUT2D eigenvalue weighted by atomic mass is 9.45. The molecule has 3 aliphatic carbocycles. The van der Waals surface area contributed by atoms with Gasteiger partial charge in [-0.15, -0.1) is 0 Å². The fourth-order valence-electron chi connectivity index (χ4n) is 10.3. The molecule has 0 unspecified atom stereocenters. The molecule has 300 valence electrons. The highest BCUT2D eigenvalue weighted by molar-refractivity contribution is 7.85. The highest BCUT2D eigenvalue weighted by Crippen LogP contribution is 2.61. The summed E-state index contributed by atoms with van der Waals surface area (Å²) < 4.78 is 35.0. The van der Waals surface area contributed by atoms with Crippen LogP contribution in [-0.2, 0) is 39.4 Å². The maximum atomic E-state index is 14.2. The summed E-state index contributed by atoms with van der Waals surface area (Å²) in [5.41, 5.74) is 2.78. The monoisotopic (exact) mass is 768 g/mol. The summed E-state index contributed by atoms with van der Waals surface area (Å²) in [6, 6.07) is 14.2. The van der Waals surface area contributed by atoms with Crippen LogP contribution in [0.5, 0.6) is 0 Å². The number of fused-ring (bicyclic) bond motifs is 2. The van der Waals surface area contributed by atoms with Gasteiger partial charge in [0.25, 0.3) is 10.1 Å². The summed E-state index contributed by atoms with van der Waals surface area (Å²) in [6.07, 6.45) is 3.81. The van der Waals surface area contributed by atoms with Crippen molar-refractivity contribution in [2.45, 2.75) is 129 Å². The first-order valence-electron chi connectivity index (χ1n) is 20.2. The number of aliphatic hydroxyl groups is 2. The topological polar surface area (TPSA) is 143 Å². The van der Waals surface area contributed by atoms with Crippen LogP contribution in [0.25, 0.3) is 0 Å². The van der Waals surface area contributed by atoms with Crippen molar-refractivity contribution in [3.63, 3.8) is 0 Å². The molecule has 2 bridgehead atoms. The van der Waals surface area contributed by atoms with E-state index in [1.165, 1.54) is 25.3 Å². The molecule has 12 heteroatoms. The zero-order valence-electron chi connectivity index (χ0n) is 33.1. The highest BCUT2D eigenvalue weighted by atomic mass is 32.2. The van der Waals surface area contributed by atoms with Crippen LogP contribution in [0.4, 0.5) is 0 Å². The van der Waals surface area contributed by atoms with Crippen LogP contribution in [0.1, 0.15) is 90.3 Å². The molecule has 11 nitrogen and oxygen atoms in total. The number of nitrogens with one attached hydrogen (secondary N) is 1. The van der Waals surface area contributed by atoms with E-state index >= 15 is 0 Å². The average molecular weight is 769 g/mol. The van der Waals surface area contributed by atoms with Gasteiger partial charge in [-0.05, 0) is 104 Å². The minimum atomic E-state index is -4.42. The number of benzene rings is 2. The summed E-state index contributed by atoms with van der Waals surface area (Å²) in [5, 5.41) is 26.3. The first kappa shape index (κ1) is 41.2. The lowest BCUT2D eigenvalue weighted by molar-refractivity contribution is -0.183. The summed E-state index contributed by atoms with van der Waals surface area (Å²) in [7, 11) is -4.42. The largest absolute Gasteiger partial charge is 0.394 e. The van der Waals surface area contributed by atoms with Gasteiger partial charge in [-0.2, -0.15) is 13.5 Å². The van der Waals surface area contributed by atoms with Crippen LogP contribution in [0, 0.1) is 35.0 Å². The second-order valence-electron chi connectivity index (χ2n) is 17.8. The number of rotatable bonds is 16. The van der Waals surface area contributed by atoms with Gasteiger partial charge in [-0.3, -0.25) is 19.1 Å². The van der Waals surface area contributed by atoms with Crippen molar-refractivity contribution in [3.8, 4) is 0 Å². The second-order valence-corrected chi connectivity index (χ2v) is 19.2. The van der Waals surface area contributed by atoms with Crippen molar-refractivity contribution in [1.82, 2.24) is 20.2 Å². The molecule has 1 amide bonds. The van der Waals surface area contributed by atoms with Crippen LogP contribution < -0.4 is 5.32 Å². The highest BCUT2D eigenvalue weighted by Gasteiger charge is 2.57. The number of amides is 1. The van der Waals surface area contributed by atoms with E-state index in [4.69, 9.17) is 4.84 Å². The van der Waals surface area contributed by atoms with Gasteiger partial charge in [0.05, 0.1) is 24.2 Å². The molecule has 4 N–H and O–H groups in total. The van der Waals surface area contributed by atoms with Gasteiger partial charge in [-0.1, -0.05) is 77.1 Å². The van der Waals surface area contributed by atoms with E-state index < -0.39 is 34.3 Å². The van der Waals surface area contributed by atoms with Crippen molar-refractivity contribution < 1.29 is 32.8 Å². The summed E-state index contributed by atoms with van der Waals surface area (Å²) in [5.74, 6) is 1.12. The molecule has 0 spiro atoms. The molecule has 2 heterocycles. The zero-order valence-corrected chi connectivity index (χ0v) is 33.9. The van der Waals surface area contributed by atoms with Crippen molar-refractivity contribution in [3.05, 3.63) is 65.2 Å². The van der Waals surface area contributed by atoms with E-state index in [1.54, 1.807) is 24.1 Å². The maximum Gasteiger partial charge on any atom is 0.294 e. The van der Waals surface area contributed by atoms with E-state index in [9.17, 15) is 28.0 Å². The van der Waals surface area contributed by atoms with E-state index in [0.717, 1.165) is 43.6 Å². The van der Waals surface area contributed by atoms with Gasteiger partial charge in [0.15, 0.2) is 0 Å². The lowest BCUT2D eigenvalue weighted by Gasteiger charge is -2.62. The minimum absolute atomic E-state index is 0.0542. The van der Waals surface area contributed by atoms with Crippen molar-refractivity contribution in [1.29, 1.82) is 0 Å². The Hall–Kier alpha value is -2.42. The fourth-order valence-corrected chi connectivity index (χ4v) is 11.0. The molecule has 9 atom stereocenters. The van der Waals surface area contributed by atoms with Gasteiger partial charge < -0.3 is 20.4 Å². The Morgan fingerprint density at radius 3 is 2.37 bits per heavy atom. The Balaban J connectivity index is 1.25. The van der Waals surface area contributed by atoms with Gasteiger partial charge in [0.2, 0.25) is 5.91 Å². The number of likely N-dealkylation sites (tertiary alicyclic amines) is 1. The van der Waals surface area contributed by atoms with Crippen LogP contribution in [0.2, 0.25) is 0 Å². The maximum absolute atomic E-state index is 14.2. The van der Waals surface area contributed by atoms with E-state index in [2.05, 4.69) is 61.9 Å². The standard InChI is InChI=1S/C42H64N4O7S/c1-27(2)18-34(25-44-16-9-10-17-44)45(24-32-14-7-8-15-38(32)54(50,51)52)22-30-12-11-13-31(19-30)23-46-40(39(29(4)48)37(26-47)53-46)41(49)43-36-21-33-20-35(28(36)3)42(33,5)6/h7-8,11-15,19,27-29,33-37,39-40,47-48H,9-10,16-18,20-26H2,1-6H3,(H,43,49)(H,50,51,52)/t28-,29-,33+,34-,35-,36-,37-,39+,40-/m0/s1. The molecule has 3 saturated carbocycles. The number of hydrogen-bond acceptors (Lipinski definition) is 9. The van der Waals surface area contributed by atoms with Crippen LogP contribution >= 0.6 is 0 Å². The molecule has 2 aromatic rings. The summed E-state index contributed by atoms with van der Waals surface area (Å²) >= 11 is 0. The number of hydroxylamine groups is 2. The third kappa shape index (κ3) is 9.07. The Bertz CT molecular complexity index is 1700. The van der Waals surface area contributed by atoms with E-state index in [-0.39, 0.29) is 41.5 Å². The molecule has 2 saturated heterocycles. The van der Waals surface area contributed by atoms with E-state index in [0.29, 0.717) is 42.3 Å². The smallest absolute Gasteiger partial charge is 0.294 e. The van der Waals surface area contributed by atoms with Crippen molar-refractivity contribution in [2.75, 3.05) is 26.2 Å². The third-order valence-corrected chi connectivity index (χ3v) is 14.3. The summed E-state index contributed by atoms with van der Waals surface area (Å²) in [6.45, 7) is 16.8. The SMILES string of the molecule is CC(C)C[C@@H](CN1CCCC1)N(Cc1cccc(CN2O[C@@H](CO)[C@@H]([C@H](C)O)[C@H]2C(=O)N[C@H]2C[C@H]3C[C@@H]([C@@H]2C)C3(C)C)c1)Cc1ccccc1S(=O)(=O)O. The van der Waals surface area contributed by atoms with E-state index in [1.807, 2.05) is 18.2 Å². The number of hydrogen-bond donors (Lipinski definition) is 4. The lowest BCUT2D eigenvalue weighted by Crippen LogP contribution is -2.62. The molecule has 5 aliphatic rings. The van der Waals surface area contributed by atoms with Crippen LogP contribution in [0.15, 0.2) is 53.4 Å².